The van der Waals surface area contributed by atoms with Crippen molar-refractivity contribution in [2.75, 3.05) is 13.1 Å². The molecule has 0 aliphatic carbocycles. The van der Waals surface area contributed by atoms with Crippen molar-refractivity contribution in [3.05, 3.63) is 39.8 Å². The zero-order valence-electron chi connectivity index (χ0n) is 12.2. The minimum absolute atomic E-state index is 0.0804. The molecule has 22 heavy (non-hydrogen) atoms. The molecular weight excluding hydrogens is 302 g/mol. The van der Waals surface area contributed by atoms with E-state index >= 15 is 0 Å². The fraction of sp³-hybridized carbons (Fsp3) is 0.400. The molecular formula is C15H17N3O3S. The number of amides is 1. The highest BCUT2D eigenvalue weighted by Crippen LogP contribution is 2.26. The van der Waals surface area contributed by atoms with Crippen LogP contribution < -0.4 is 0 Å². The molecule has 116 valence electrons. The van der Waals surface area contributed by atoms with Gasteiger partial charge in [0.15, 0.2) is 0 Å². The van der Waals surface area contributed by atoms with Gasteiger partial charge in [-0.15, -0.1) is 11.3 Å². The van der Waals surface area contributed by atoms with E-state index in [9.17, 15) is 9.59 Å². The molecule has 7 heteroatoms. The van der Waals surface area contributed by atoms with E-state index in [-0.39, 0.29) is 17.5 Å². The van der Waals surface area contributed by atoms with E-state index in [1.165, 1.54) is 17.5 Å². The van der Waals surface area contributed by atoms with Crippen molar-refractivity contribution < 1.29 is 14.7 Å². The normalized spacial score (nSPS) is 16.0. The quantitative estimate of drug-likeness (QED) is 0.943. The van der Waals surface area contributed by atoms with E-state index in [1.54, 1.807) is 11.6 Å². The van der Waals surface area contributed by atoms with Crippen LogP contribution >= 0.6 is 11.3 Å². The van der Waals surface area contributed by atoms with Crippen molar-refractivity contribution in [1.29, 1.82) is 0 Å². The van der Waals surface area contributed by atoms with Crippen LogP contribution in [0.2, 0.25) is 0 Å². The molecule has 1 aliphatic heterocycles. The smallest absolute Gasteiger partial charge is 0.339 e. The van der Waals surface area contributed by atoms with Crippen molar-refractivity contribution in [2.45, 2.75) is 25.8 Å². The van der Waals surface area contributed by atoms with Crippen LogP contribution in [0.5, 0.6) is 0 Å². The van der Waals surface area contributed by atoms with Crippen molar-refractivity contribution >= 4 is 23.2 Å². The molecule has 6 nitrogen and oxygen atoms in total. The summed E-state index contributed by atoms with van der Waals surface area (Å²) in [6, 6.07) is 3.88. The number of hydrogen-bond acceptors (Lipinski definition) is 4. The highest BCUT2D eigenvalue weighted by molar-refractivity contribution is 7.12. The van der Waals surface area contributed by atoms with Crippen molar-refractivity contribution in [3.8, 4) is 0 Å². The molecule has 0 aromatic carbocycles. The maximum absolute atomic E-state index is 12.3. The van der Waals surface area contributed by atoms with Crippen LogP contribution in [0.15, 0.2) is 23.7 Å². The minimum atomic E-state index is -0.950. The summed E-state index contributed by atoms with van der Waals surface area (Å²) in [5.74, 6) is -0.870. The standard InChI is InChI=1S/C15H17N3O3S/c1-10-12(15(20)21)9-16-18(10)11-4-6-17(7-5-11)14(19)13-3-2-8-22-13/h2-3,8-9,11H,4-7H2,1H3,(H,20,21). The van der Waals surface area contributed by atoms with Gasteiger partial charge in [0.05, 0.1) is 22.8 Å². The van der Waals surface area contributed by atoms with E-state index in [0.717, 1.165) is 17.7 Å². The zero-order chi connectivity index (χ0) is 15.7. The van der Waals surface area contributed by atoms with E-state index in [1.807, 2.05) is 22.4 Å². The molecule has 2 aromatic rings. The maximum Gasteiger partial charge on any atom is 0.339 e. The lowest BCUT2D eigenvalue weighted by molar-refractivity contribution is 0.0691. The zero-order valence-corrected chi connectivity index (χ0v) is 13.0. The molecule has 1 N–H and O–H groups in total. The first-order chi connectivity index (χ1) is 10.6. The molecule has 0 spiro atoms. The number of carboxylic acid groups (broad SMARTS) is 1. The predicted octanol–water partition coefficient (Wildman–Crippen LogP) is 2.43. The Balaban J connectivity index is 1.67. The molecule has 1 fully saturated rings. The fourth-order valence-electron chi connectivity index (χ4n) is 2.87. The van der Waals surface area contributed by atoms with Gasteiger partial charge < -0.3 is 10.0 Å². The first-order valence-electron chi connectivity index (χ1n) is 7.18. The topological polar surface area (TPSA) is 75.4 Å². The van der Waals surface area contributed by atoms with Gasteiger partial charge in [-0.3, -0.25) is 9.48 Å². The van der Waals surface area contributed by atoms with Crippen molar-refractivity contribution in [2.24, 2.45) is 0 Å². The van der Waals surface area contributed by atoms with E-state index in [0.29, 0.717) is 18.8 Å². The maximum atomic E-state index is 12.3. The number of nitrogens with zero attached hydrogens (tertiary/aromatic N) is 3. The van der Waals surface area contributed by atoms with Gasteiger partial charge in [-0.05, 0) is 31.2 Å². The van der Waals surface area contributed by atoms with E-state index in [4.69, 9.17) is 5.11 Å². The molecule has 0 radical (unpaired) electrons. The van der Waals surface area contributed by atoms with E-state index < -0.39 is 5.97 Å². The second kappa shape index (κ2) is 5.92. The summed E-state index contributed by atoms with van der Waals surface area (Å²) in [5, 5.41) is 15.2. The molecule has 1 saturated heterocycles. The van der Waals surface area contributed by atoms with Crippen molar-refractivity contribution in [1.82, 2.24) is 14.7 Å². The molecule has 1 amide bonds. The van der Waals surface area contributed by atoms with Gasteiger partial charge in [-0.2, -0.15) is 5.10 Å². The van der Waals surface area contributed by atoms with Gasteiger partial charge in [0.1, 0.15) is 5.56 Å². The Morgan fingerprint density at radius 1 is 1.36 bits per heavy atom. The molecule has 3 heterocycles. The summed E-state index contributed by atoms with van der Waals surface area (Å²) >= 11 is 1.46. The number of hydrogen-bond donors (Lipinski definition) is 1. The number of likely N-dealkylation sites (tertiary alicyclic amines) is 1. The SMILES string of the molecule is Cc1c(C(=O)O)cnn1C1CCN(C(=O)c2cccs2)CC1. The van der Waals surface area contributed by atoms with Crippen molar-refractivity contribution in [3.63, 3.8) is 0 Å². The van der Waals surface area contributed by atoms with Gasteiger partial charge in [0.25, 0.3) is 5.91 Å². The summed E-state index contributed by atoms with van der Waals surface area (Å²) in [6.07, 6.45) is 2.98. The second-order valence-corrected chi connectivity index (χ2v) is 6.34. The van der Waals surface area contributed by atoms with Crippen LogP contribution in [-0.2, 0) is 0 Å². The summed E-state index contributed by atoms with van der Waals surface area (Å²) in [7, 11) is 0. The van der Waals surface area contributed by atoms with E-state index in [2.05, 4.69) is 5.10 Å². The predicted molar refractivity (Wildman–Crippen MR) is 82.4 cm³/mol. The minimum Gasteiger partial charge on any atom is -0.478 e. The van der Waals surface area contributed by atoms with Crippen LogP contribution in [0.1, 0.15) is 44.6 Å². The lowest BCUT2D eigenvalue weighted by Gasteiger charge is -2.32. The summed E-state index contributed by atoms with van der Waals surface area (Å²) in [4.78, 5) is 26.0. The second-order valence-electron chi connectivity index (χ2n) is 5.39. The molecule has 2 aromatic heterocycles. The third-order valence-corrected chi connectivity index (χ3v) is 4.96. The number of aromatic carboxylic acids is 1. The Hall–Kier alpha value is -2.15. The number of carboxylic acids is 1. The van der Waals surface area contributed by atoms with Crippen LogP contribution in [0, 0.1) is 6.92 Å². The van der Waals surface area contributed by atoms with Gasteiger partial charge in [-0.1, -0.05) is 6.07 Å². The van der Waals surface area contributed by atoms with Crippen LogP contribution in [0.4, 0.5) is 0 Å². The highest BCUT2D eigenvalue weighted by atomic mass is 32.1. The molecule has 1 aliphatic rings. The first-order valence-corrected chi connectivity index (χ1v) is 8.06. The molecule has 0 unspecified atom stereocenters. The molecule has 3 rings (SSSR count). The summed E-state index contributed by atoms with van der Waals surface area (Å²) in [5.41, 5.74) is 0.924. The lowest BCUT2D eigenvalue weighted by atomic mass is 10.0. The number of carbonyl (C=O) groups excluding carboxylic acids is 1. The monoisotopic (exact) mass is 319 g/mol. The highest BCUT2D eigenvalue weighted by Gasteiger charge is 2.27. The number of rotatable bonds is 3. The van der Waals surface area contributed by atoms with Gasteiger partial charge >= 0.3 is 5.97 Å². The molecule has 0 saturated carbocycles. The Kier molecular flexibility index (Phi) is 3.98. The average Bonchev–Trinajstić information content (AvgIpc) is 3.16. The van der Waals surface area contributed by atoms with Gasteiger partial charge in [-0.25, -0.2) is 4.79 Å². The van der Waals surface area contributed by atoms with Crippen LogP contribution in [0.25, 0.3) is 0 Å². The number of piperidine rings is 1. The summed E-state index contributed by atoms with van der Waals surface area (Å²) < 4.78 is 1.79. The van der Waals surface area contributed by atoms with Gasteiger partial charge in [0.2, 0.25) is 0 Å². The number of aromatic nitrogens is 2. The fourth-order valence-corrected chi connectivity index (χ4v) is 3.56. The first kappa shape index (κ1) is 14.8. The van der Waals surface area contributed by atoms with Crippen LogP contribution in [-0.4, -0.2) is 44.8 Å². The number of carbonyl (C=O) groups is 2. The lowest BCUT2D eigenvalue weighted by Crippen LogP contribution is -2.39. The number of thiophene rings is 1. The Morgan fingerprint density at radius 3 is 2.64 bits per heavy atom. The Morgan fingerprint density at radius 2 is 2.09 bits per heavy atom. The Labute approximate surface area is 132 Å². The largest absolute Gasteiger partial charge is 0.478 e. The third kappa shape index (κ3) is 2.64. The molecule has 0 atom stereocenters. The Bertz CT molecular complexity index is 685. The third-order valence-electron chi connectivity index (χ3n) is 4.10. The van der Waals surface area contributed by atoms with Crippen LogP contribution in [0.3, 0.4) is 0 Å². The molecule has 0 bridgehead atoms. The average molecular weight is 319 g/mol. The summed E-state index contributed by atoms with van der Waals surface area (Å²) in [6.45, 7) is 3.12. The van der Waals surface area contributed by atoms with Gasteiger partial charge in [0, 0.05) is 13.1 Å².